The fraction of sp³-hybridized carbons (Fsp3) is 0.455. The van der Waals surface area contributed by atoms with Crippen LogP contribution in [-0.2, 0) is 15.3 Å². The van der Waals surface area contributed by atoms with Crippen molar-refractivity contribution in [2.24, 2.45) is 5.73 Å². The molecule has 1 aromatic rings. The van der Waals surface area contributed by atoms with Gasteiger partial charge in [0, 0.05) is 0 Å². The predicted molar refractivity (Wildman–Crippen MR) is 53.6 cm³/mol. The predicted octanol–water partition coefficient (Wildman–Crippen LogP) is 1.51. The summed E-state index contributed by atoms with van der Waals surface area (Å²) in [5, 5.41) is 0. The van der Waals surface area contributed by atoms with Crippen LogP contribution >= 0.6 is 0 Å². The Morgan fingerprint density at radius 3 is 2.56 bits per heavy atom. The van der Waals surface area contributed by atoms with E-state index in [2.05, 4.69) is 0 Å². The average Bonchev–Trinajstić information content (AvgIpc) is 2.33. The fourth-order valence-corrected chi connectivity index (χ4v) is 1.76. The zero-order valence-electron chi connectivity index (χ0n) is 8.71. The first-order valence-corrected chi connectivity index (χ1v) is 5.12. The van der Waals surface area contributed by atoms with E-state index in [4.69, 9.17) is 15.2 Å². The van der Waals surface area contributed by atoms with Crippen LogP contribution in [-0.4, -0.2) is 19.8 Å². The van der Waals surface area contributed by atoms with Gasteiger partial charge in [-0.3, -0.25) is 0 Å². The van der Waals surface area contributed by atoms with Crippen LogP contribution in [0, 0.1) is 11.6 Å². The third-order valence-corrected chi connectivity index (χ3v) is 2.59. The van der Waals surface area contributed by atoms with Crippen LogP contribution in [0.1, 0.15) is 12.0 Å². The van der Waals surface area contributed by atoms with E-state index in [9.17, 15) is 8.78 Å². The normalized spacial score (nSPS) is 19.7. The van der Waals surface area contributed by atoms with Crippen LogP contribution in [0.4, 0.5) is 8.78 Å². The molecule has 2 N–H and O–H groups in total. The molecule has 1 saturated heterocycles. The number of rotatable bonds is 2. The molecule has 0 radical (unpaired) electrons. The molecule has 5 heteroatoms. The van der Waals surface area contributed by atoms with Crippen LogP contribution in [0.3, 0.4) is 0 Å². The van der Waals surface area contributed by atoms with Crippen LogP contribution in [0.25, 0.3) is 0 Å². The fourth-order valence-electron chi connectivity index (χ4n) is 1.76. The number of ether oxygens (including phenoxy) is 2. The molecule has 1 heterocycles. The molecule has 2 rings (SSSR count). The Kier molecular flexibility index (Phi) is 3.18. The summed E-state index contributed by atoms with van der Waals surface area (Å²) >= 11 is 0. The van der Waals surface area contributed by atoms with Gasteiger partial charge in [0.2, 0.25) is 5.79 Å². The molecule has 0 bridgehead atoms. The number of hydrogen-bond donors (Lipinski definition) is 1. The van der Waals surface area contributed by atoms with Crippen molar-refractivity contribution in [1.29, 1.82) is 0 Å². The lowest BCUT2D eigenvalue weighted by molar-refractivity contribution is -0.271. The first-order valence-electron chi connectivity index (χ1n) is 5.12. The second kappa shape index (κ2) is 4.45. The molecule has 1 fully saturated rings. The van der Waals surface area contributed by atoms with E-state index in [1.54, 1.807) is 0 Å². The lowest BCUT2D eigenvalue weighted by atomic mass is 10.0. The molecule has 0 spiro atoms. The minimum atomic E-state index is -1.34. The standard InChI is InChI=1S/C11H13F2NO2/c12-9-4-1-3-8(10(9)13)11(7-14)15-5-2-6-16-11/h1,3-4H,2,5-7,14H2. The van der Waals surface area contributed by atoms with E-state index in [1.807, 2.05) is 0 Å². The summed E-state index contributed by atoms with van der Waals surface area (Å²) in [6.07, 6.45) is 0.721. The lowest BCUT2D eigenvalue weighted by Gasteiger charge is -2.36. The van der Waals surface area contributed by atoms with E-state index in [1.165, 1.54) is 12.1 Å². The Morgan fingerprint density at radius 1 is 1.25 bits per heavy atom. The van der Waals surface area contributed by atoms with Crippen molar-refractivity contribution in [3.8, 4) is 0 Å². The summed E-state index contributed by atoms with van der Waals surface area (Å²) in [6.45, 7) is 0.799. The number of nitrogens with two attached hydrogens (primary N) is 1. The Bertz CT molecular complexity index is 378. The van der Waals surface area contributed by atoms with Gasteiger partial charge in [-0.15, -0.1) is 0 Å². The highest BCUT2D eigenvalue weighted by Crippen LogP contribution is 2.32. The lowest BCUT2D eigenvalue weighted by Crippen LogP contribution is -2.45. The van der Waals surface area contributed by atoms with Gasteiger partial charge >= 0.3 is 0 Å². The van der Waals surface area contributed by atoms with Gasteiger partial charge in [0.1, 0.15) is 0 Å². The van der Waals surface area contributed by atoms with Crippen molar-refractivity contribution in [1.82, 2.24) is 0 Å². The first kappa shape index (κ1) is 11.4. The summed E-state index contributed by atoms with van der Waals surface area (Å²) in [5.74, 6) is -3.23. The Morgan fingerprint density at radius 2 is 1.94 bits per heavy atom. The number of halogens is 2. The van der Waals surface area contributed by atoms with Crippen molar-refractivity contribution < 1.29 is 18.3 Å². The number of hydrogen-bond acceptors (Lipinski definition) is 3. The van der Waals surface area contributed by atoms with Crippen molar-refractivity contribution in [2.45, 2.75) is 12.2 Å². The van der Waals surface area contributed by atoms with E-state index in [0.29, 0.717) is 13.2 Å². The van der Waals surface area contributed by atoms with Crippen molar-refractivity contribution in [3.05, 3.63) is 35.4 Å². The molecule has 1 aliphatic heterocycles. The third-order valence-electron chi connectivity index (χ3n) is 2.59. The quantitative estimate of drug-likeness (QED) is 0.836. The highest BCUT2D eigenvalue weighted by atomic mass is 19.2. The Hall–Kier alpha value is -1.04. The van der Waals surface area contributed by atoms with Gasteiger partial charge in [0.05, 0.1) is 25.3 Å². The third kappa shape index (κ3) is 1.81. The largest absolute Gasteiger partial charge is 0.345 e. The second-order valence-electron chi connectivity index (χ2n) is 3.61. The molecule has 1 aliphatic rings. The molecule has 88 valence electrons. The second-order valence-corrected chi connectivity index (χ2v) is 3.61. The molecule has 16 heavy (non-hydrogen) atoms. The van der Waals surface area contributed by atoms with Crippen molar-refractivity contribution in [3.63, 3.8) is 0 Å². The average molecular weight is 229 g/mol. The van der Waals surface area contributed by atoms with Crippen LogP contribution in [0.5, 0.6) is 0 Å². The van der Waals surface area contributed by atoms with Gasteiger partial charge in [-0.1, -0.05) is 12.1 Å². The molecular weight excluding hydrogens is 216 g/mol. The van der Waals surface area contributed by atoms with Gasteiger partial charge in [0.25, 0.3) is 0 Å². The molecule has 0 unspecified atom stereocenters. The van der Waals surface area contributed by atoms with Gasteiger partial charge < -0.3 is 15.2 Å². The van der Waals surface area contributed by atoms with Crippen molar-refractivity contribution >= 4 is 0 Å². The van der Waals surface area contributed by atoms with E-state index < -0.39 is 17.4 Å². The maximum absolute atomic E-state index is 13.6. The van der Waals surface area contributed by atoms with Gasteiger partial charge in [-0.25, -0.2) is 8.78 Å². The smallest absolute Gasteiger partial charge is 0.210 e. The summed E-state index contributed by atoms with van der Waals surface area (Å²) < 4.78 is 37.5. The van der Waals surface area contributed by atoms with E-state index in [0.717, 1.165) is 12.5 Å². The zero-order chi connectivity index (χ0) is 11.6. The summed E-state index contributed by atoms with van der Waals surface area (Å²) in [6, 6.07) is 3.88. The molecule has 3 nitrogen and oxygen atoms in total. The molecule has 0 saturated carbocycles. The molecule has 1 aromatic carbocycles. The zero-order valence-corrected chi connectivity index (χ0v) is 8.71. The van der Waals surface area contributed by atoms with Gasteiger partial charge in [0.15, 0.2) is 11.6 Å². The molecular formula is C11H13F2NO2. The highest BCUT2D eigenvalue weighted by molar-refractivity contribution is 5.24. The van der Waals surface area contributed by atoms with Gasteiger partial charge in [-0.2, -0.15) is 0 Å². The molecule has 0 amide bonds. The summed E-state index contributed by atoms with van der Waals surface area (Å²) in [7, 11) is 0. The van der Waals surface area contributed by atoms with E-state index in [-0.39, 0.29) is 12.1 Å². The van der Waals surface area contributed by atoms with Crippen LogP contribution < -0.4 is 5.73 Å². The highest BCUT2D eigenvalue weighted by Gasteiger charge is 2.38. The number of benzene rings is 1. The Labute approximate surface area is 92.1 Å². The maximum Gasteiger partial charge on any atom is 0.210 e. The van der Waals surface area contributed by atoms with Crippen LogP contribution in [0.15, 0.2) is 18.2 Å². The molecule has 0 aromatic heterocycles. The first-order chi connectivity index (χ1) is 7.69. The van der Waals surface area contributed by atoms with Crippen molar-refractivity contribution in [2.75, 3.05) is 19.8 Å². The summed E-state index contributed by atoms with van der Waals surface area (Å²) in [5.41, 5.74) is 5.57. The molecule has 0 aliphatic carbocycles. The SMILES string of the molecule is NCC1(c2cccc(F)c2F)OCCCO1. The van der Waals surface area contributed by atoms with Gasteiger partial charge in [-0.05, 0) is 12.5 Å². The monoisotopic (exact) mass is 229 g/mol. The maximum atomic E-state index is 13.6. The van der Waals surface area contributed by atoms with Crippen LogP contribution in [0.2, 0.25) is 0 Å². The topological polar surface area (TPSA) is 44.5 Å². The summed E-state index contributed by atoms with van der Waals surface area (Å²) in [4.78, 5) is 0. The Balaban J connectivity index is 2.43. The van der Waals surface area contributed by atoms with E-state index >= 15 is 0 Å². The minimum absolute atomic E-state index is 0.0229. The minimum Gasteiger partial charge on any atom is -0.345 e. The molecule has 0 atom stereocenters.